The average Bonchev–Trinajstić information content (AvgIpc) is 3.40. The van der Waals surface area contributed by atoms with Crippen molar-refractivity contribution in [3.8, 4) is 11.3 Å². The van der Waals surface area contributed by atoms with Crippen LogP contribution in [0.4, 0.5) is 11.4 Å². The summed E-state index contributed by atoms with van der Waals surface area (Å²) < 4.78 is 0. The summed E-state index contributed by atoms with van der Waals surface area (Å²) in [7, 11) is 0. The van der Waals surface area contributed by atoms with Crippen molar-refractivity contribution in [3.05, 3.63) is 109 Å². The van der Waals surface area contributed by atoms with Crippen LogP contribution in [-0.4, -0.2) is 32.8 Å². The summed E-state index contributed by atoms with van der Waals surface area (Å²) in [4.78, 5) is 41.2. The Bertz CT molecular complexity index is 1350. The molecule has 0 unspecified atom stereocenters. The fraction of sp³-hybridized carbons (Fsp3) is 0.0385. The highest BCUT2D eigenvalue weighted by atomic mass is 16.2. The molecule has 0 fully saturated rings. The maximum Gasteiger partial charge on any atom is 0.274 e. The van der Waals surface area contributed by atoms with E-state index in [4.69, 9.17) is 0 Å². The highest BCUT2D eigenvalue weighted by Gasteiger charge is 2.12. The molecular formula is C26H21N5O3. The number of ketones is 1. The van der Waals surface area contributed by atoms with Crippen LogP contribution < -0.4 is 10.6 Å². The second kappa shape index (κ2) is 10.2. The number of hydrogen-bond donors (Lipinski definition) is 3. The van der Waals surface area contributed by atoms with E-state index in [1.54, 1.807) is 79.1 Å². The van der Waals surface area contributed by atoms with Gasteiger partial charge < -0.3 is 10.6 Å². The highest BCUT2D eigenvalue weighted by Crippen LogP contribution is 2.18. The van der Waals surface area contributed by atoms with Gasteiger partial charge in [0.25, 0.3) is 5.91 Å². The summed E-state index contributed by atoms with van der Waals surface area (Å²) in [5.74, 6) is -0.773. The Morgan fingerprint density at radius 1 is 0.941 bits per heavy atom. The Labute approximate surface area is 195 Å². The van der Waals surface area contributed by atoms with Gasteiger partial charge in [0.2, 0.25) is 5.91 Å². The van der Waals surface area contributed by atoms with E-state index < -0.39 is 0 Å². The number of aromatic amines is 1. The molecule has 8 heteroatoms. The van der Waals surface area contributed by atoms with Gasteiger partial charge in [-0.3, -0.25) is 19.5 Å². The molecular weight excluding hydrogens is 430 g/mol. The van der Waals surface area contributed by atoms with Crippen LogP contribution in [0.25, 0.3) is 11.3 Å². The number of carbonyl (C=O) groups is 3. The van der Waals surface area contributed by atoms with E-state index in [1.807, 2.05) is 0 Å². The van der Waals surface area contributed by atoms with Crippen molar-refractivity contribution in [2.24, 2.45) is 0 Å². The number of nitrogens with zero attached hydrogens (tertiary/aromatic N) is 2. The van der Waals surface area contributed by atoms with Gasteiger partial charge in [-0.05, 0) is 48.0 Å². The van der Waals surface area contributed by atoms with Gasteiger partial charge in [-0.25, -0.2) is 4.98 Å². The molecule has 8 nitrogen and oxygen atoms in total. The Morgan fingerprint density at radius 3 is 2.47 bits per heavy atom. The number of pyridine rings is 1. The van der Waals surface area contributed by atoms with Gasteiger partial charge in [-0.1, -0.05) is 36.9 Å². The molecule has 4 aromatic rings. The molecule has 0 saturated carbocycles. The van der Waals surface area contributed by atoms with Crippen molar-refractivity contribution in [1.29, 1.82) is 0 Å². The Hall–Kier alpha value is -4.85. The first-order chi connectivity index (χ1) is 16.5. The molecule has 2 aromatic heterocycles. The van der Waals surface area contributed by atoms with E-state index in [1.165, 1.54) is 6.08 Å². The summed E-state index contributed by atoms with van der Waals surface area (Å²) in [6.07, 6.45) is 4.69. The van der Waals surface area contributed by atoms with E-state index in [0.29, 0.717) is 22.6 Å². The lowest BCUT2D eigenvalue weighted by atomic mass is 10.0. The number of amides is 2. The normalized spacial score (nSPS) is 10.4. The van der Waals surface area contributed by atoms with Crippen molar-refractivity contribution >= 4 is 29.0 Å². The van der Waals surface area contributed by atoms with E-state index in [0.717, 1.165) is 11.1 Å². The van der Waals surface area contributed by atoms with Crippen molar-refractivity contribution < 1.29 is 14.4 Å². The average molecular weight is 451 g/mol. The number of Topliss-reactive ketones (excluding diaryl/α,β-unsaturated/α-hetero) is 1. The van der Waals surface area contributed by atoms with Gasteiger partial charge in [-0.2, -0.15) is 5.10 Å². The molecule has 2 heterocycles. The molecule has 168 valence electrons. The number of H-pyrrole nitrogens is 1. The van der Waals surface area contributed by atoms with Crippen LogP contribution in [0.5, 0.6) is 0 Å². The summed E-state index contributed by atoms with van der Waals surface area (Å²) in [5.41, 5.74) is 4.11. The fourth-order valence-corrected chi connectivity index (χ4v) is 3.27. The fourth-order valence-electron chi connectivity index (χ4n) is 3.27. The smallest absolute Gasteiger partial charge is 0.274 e. The van der Waals surface area contributed by atoms with Gasteiger partial charge in [-0.15, -0.1) is 0 Å². The molecule has 0 spiro atoms. The predicted octanol–water partition coefficient (Wildman–Crippen LogP) is 4.27. The molecule has 2 aromatic carbocycles. The first-order valence-electron chi connectivity index (χ1n) is 10.4. The van der Waals surface area contributed by atoms with Crippen LogP contribution in [-0.2, 0) is 11.2 Å². The molecule has 3 N–H and O–H groups in total. The zero-order valence-corrected chi connectivity index (χ0v) is 18.1. The molecule has 0 radical (unpaired) electrons. The zero-order valence-electron chi connectivity index (χ0n) is 18.1. The monoisotopic (exact) mass is 451 g/mol. The summed E-state index contributed by atoms with van der Waals surface area (Å²) >= 11 is 0. The third-order valence-electron chi connectivity index (χ3n) is 4.99. The third-order valence-corrected chi connectivity index (χ3v) is 4.99. The number of carbonyl (C=O) groups excluding carboxylic acids is 3. The second-order valence-electron chi connectivity index (χ2n) is 7.42. The standard InChI is InChI=1S/C26H21N5O3/c1-2-25(33)29-21-6-3-5-18(14-21)24(32)13-17-9-11-20(12-10-17)30-26(34)23-8-4-7-22(31-23)19-15-27-28-16-19/h2-12,14-16H,1,13H2,(H,27,28)(H,29,33)(H,30,34). The maximum atomic E-state index is 12.7. The quantitative estimate of drug-likeness (QED) is 0.273. The molecule has 34 heavy (non-hydrogen) atoms. The molecule has 0 saturated heterocycles. The Balaban J connectivity index is 1.39. The lowest BCUT2D eigenvalue weighted by Crippen LogP contribution is -2.14. The van der Waals surface area contributed by atoms with Gasteiger partial charge in [0, 0.05) is 35.1 Å². The maximum absolute atomic E-state index is 12.7. The van der Waals surface area contributed by atoms with Crippen LogP contribution in [0, 0.1) is 0 Å². The highest BCUT2D eigenvalue weighted by molar-refractivity contribution is 6.03. The molecule has 0 atom stereocenters. The van der Waals surface area contributed by atoms with E-state index in [9.17, 15) is 14.4 Å². The Kier molecular flexibility index (Phi) is 6.69. The number of benzene rings is 2. The van der Waals surface area contributed by atoms with Crippen LogP contribution in [0.2, 0.25) is 0 Å². The van der Waals surface area contributed by atoms with Gasteiger partial charge >= 0.3 is 0 Å². The number of aromatic nitrogens is 3. The van der Waals surface area contributed by atoms with Gasteiger partial charge in [0.05, 0.1) is 11.9 Å². The zero-order chi connectivity index (χ0) is 23.9. The lowest BCUT2D eigenvalue weighted by Gasteiger charge is -2.08. The first-order valence-corrected chi connectivity index (χ1v) is 10.4. The Morgan fingerprint density at radius 2 is 1.74 bits per heavy atom. The van der Waals surface area contributed by atoms with Crippen molar-refractivity contribution in [3.63, 3.8) is 0 Å². The molecule has 0 aliphatic rings. The third kappa shape index (κ3) is 5.49. The molecule has 4 rings (SSSR count). The number of rotatable bonds is 8. The second-order valence-corrected chi connectivity index (χ2v) is 7.42. The van der Waals surface area contributed by atoms with Crippen LogP contribution >= 0.6 is 0 Å². The van der Waals surface area contributed by atoms with Gasteiger partial charge in [0.15, 0.2) is 5.78 Å². The minimum absolute atomic E-state index is 0.0910. The topological polar surface area (TPSA) is 117 Å². The number of hydrogen-bond acceptors (Lipinski definition) is 5. The molecule has 0 aliphatic carbocycles. The van der Waals surface area contributed by atoms with E-state index in [-0.39, 0.29) is 29.7 Å². The summed E-state index contributed by atoms with van der Waals surface area (Å²) in [6.45, 7) is 3.41. The molecule has 0 bridgehead atoms. The first kappa shape index (κ1) is 22.3. The minimum Gasteiger partial charge on any atom is -0.323 e. The van der Waals surface area contributed by atoms with Crippen molar-refractivity contribution in [1.82, 2.24) is 15.2 Å². The summed E-state index contributed by atoms with van der Waals surface area (Å²) in [5, 5.41) is 12.1. The van der Waals surface area contributed by atoms with Gasteiger partial charge in [0.1, 0.15) is 5.69 Å². The van der Waals surface area contributed by atoms with E-state index >= 15 is 0 Å². The molecule has 0 aliphatic heterocycles. The SMILES string of the molecule is C=CC(=O)Nc1cccc(C(=O)Cc2ccc(NC(=O)c3cccc(-c4cn[nH]c4)n3)cc2)c1. The predicted molar refractivity (Wildman–Crippen MR) is 130 cm³/mol. The van der Waals surface area contributed by atoms with E-state index in [2.05, 4.69) is 32.4 Å². The largest absolute Gasteiger partial charge is 0.323 e. The number of nitrogens with one attached hydrogen (secondary N) is 3. The number of anilines is 2. The van der Waals surface area contributed by atoms with Crippen molar-refractivity contribution in [2.45, 2.75) is 6.42 Å². The molecule has 2 amide bonds. The van der Waals surface area contributed by atoms with Crippen molar-refractivity contribution in [2.75, 3.05) is 10.6 Å². The van der Waals surface area contributed by atoms with Crippen LogP contribution in [0.1, 0.15) is 26.4 Å². The minimum atomic E-state index is -0.342. The summed E-state index contributed by atoms with van der Waals surface area (Å²) in [6, 6.07) is 19.0. The van der Waals surface area contributed by atoms with Crippen LogP contribution in [0.3, 0.4) is 0 Å². The lowest BCUT2D eigenvalue weighted by molar-refractivity contribution is -0.111. The van der Waals surface area contributed by atoms with Crippen LogP contribution in [0.15, 0.2) is 91.8 Å².